The molecular formula is C12H20N2OS. The second kappa shape index (κ2) is 5.75. The maximum absolute atomic E-state index is 9.55. The number of thiazole rings is 1. The molecule has 3 nitrogen and oxygen atoms in total. The van der Waals surface area contributed by atoms with Gasteiger partial charge in [-0.05, 0) is 45.7 Å². The summed E-state index contributed by atoms with van der Waals surface area (Å²) in [6, 6.07) is 0. The van der Waals surface area contributed by atoms with E-state index in [0.29, 0.717) is 0 Å². The van der Waals surface area contributed by atoms with Crippen molar-refractivity contribution in [2.75, 3.05) is 19.6 Å². The van der Waals surface area contributed by atoms with Crippen molar-refractivity contribution in [3.8, 4) is 0 Å². The number of hydrogen-bond donors (Lipinski definition) is 1. The molecule has 0 aliphatic carbocycles. The third-order valence-electron chi connectivity index (χ3n) is 3.05. The van der Waals surface area contributed by atoms with E-state index in [-0.39, 0.29) is 6.10 Å². The van der Waals surface area contributed by atoms with Gasteiger partial charge in [0.1, 0.15) is 0 Å². The van der Waals surface area contributed by atoms with Crippen molar-refractivity contribution in [2.24, 2.45) is 0 Å². The average Bonchev–Trinajstić information content (AvgIpc) is 2.64. The molecule has 2 heterocycles. The summed E-state index contributed by atoms with van der Waals surface area (Å²) in [4.78, 5) is 6.83. The zero-order chi connectivity index (χ0) is 11.4. The zero-order valence-corrected chi connectivity index (χ0v) is 10.7. The molecule has 1 aliphatic heterocycles. The lowest BCUT2D eigenvalue weighted by molar-refractivity contribution is 0.0702. The number of hydrogen-bond acceptors (Lipinski definition) is 4. The molecule has 1 N–H and O–H groups in total. The van der Waals surface area contributed by atoms with Gasteiger partial charge < -0.3 is 10.0 Å². The number of likely N-dealkylation sites (tertiary alicyclic amines) is 1. The number of aliphatic hydroxyl groups excluding tert-OH is 1. The first-order valence-corrected chi connectivity index (χ1v) is 6.93. The summed E-state index contributed by atoms with van der Waals surface area (Å²) >= 11 is 1.73. The van der Waals surface area contributed by atoms with Gasteiger partial charge in [0.15, 0.2) is 0 Å². The quantitative estimate of drug-likeness (QED) is 0.872. The molecule has 4 heteroatoms. The van der Waals surface area contributed by atoms with Gasteiger partial charge in [0.05, 0.1) is 16.8 Å². The van der Waals surface area contributed by atoms with E-state index >= 15 is 0 Å². The Kier molecular flexibility index (Phi) is 4.32. The van der Waals surface area contributed by atoms with Crippen LogP contribution in [0.1, 0.15) is 30.0 Å². The second-order valence-corrected chi connectivity index (χ2v) is 5.62. The number of nitrogens with zero attached hydrogens (tertiary/aromatic N) is 2. The van der Waals surface area contributed by atoms with Gasteiger partial charge in [0.2, 0.25) is 0 Å². The molecule has 0 amide bonds. The molecule has 1 saturated heterocycles. The first kappa shape index (κ1) is 12.0. The molecule has 0 radical (unpaired) electrons. The summed E-state index contributed by atoms with van der Waals surface area (Å²) < 4.78 is 0. The highest BCUT2D eigenvalue weighted by atomic mass is 32.1. The zero-order valence-electron chi connectivity index (χ0n) is 9.85. The Labute approximate surface area is 101 Å². The van der Waals surface area contributed by atoms with E-state index in [1.165, 1.54) is 5.69 Å². The minimum Gasteiger partial charge on any atom is -0.392 e. The maximum Gasteiger partial charge on any atom is 0.0897 e. The summed E-state index contributed by atoms with van der Waals surface area (Å²) in [6.45, 7) is 5.14. The van der Waals surface area contributed by atoms with Crippen LogP contribution < -0.4 is 0 Å². The average molecular weight is 240 g/mol. The lowest BCUT2D eigenvalue weighted by Gasteiger charge is -2.29. The largest absolute Gasteiger partial charge is 0.392 e. The van der Waals surface area contributed by atoms with Crippen LogP contribution in [-0.4, -0.2) is 40.7 Å². The Morgan fingerprint density at radius 1 is 1.62 bits per heavy atom. The standard InChI is InChI=1S/C12H20N2OS/c1-10-13-11(9-16-10)4-2-6-14-7-3-5-12(15)8-14/h9,12,15H,2-8H2,1H3. The van der Waals surface area contributed by atoms with E-state index in [4.69, 9.17) is 0 Å². The SMILES string of the molecule is Cc1nc(CCCN2CCCC(O)C2)cs1. The van der Waals surface area contributed by atoms with E-state index in [9.17, 15) is 5.11 Å². The molecule has 1 aromatic heterocycles. The van der Waals surface area contributed by atoms with Crippen LogP contribution in [0.2, 0.25) is 0 Å². The predicted octanol–water partition coefficient (Wildman–Crippen LogP) is 1.84. The Morgan fingerprint density at radius 3 is 3.19 bits per heavy atom. The van der Waals surface area contributed by atoms with Crippen molar-refractivity contribution < 1.29 is 5.11 Å². The molecule has 0 aromatic carbocycles. The van der Waals surface area contributed by atoms with E-state index < -0.39 is 0 Å². The maximum atomic E-state index is 9.55. The summed E-state index contributed by atoms with van der Waals surface area (Å²) in [5.41, 5.74) is 1.22. The summed E-state index contributed by atoms with van der Waals surface area (Å²) in [7, 11) is 0. The van der Waals surface area contributed by atoms with Gasteiger partial charge in [-0.25, -0.2) is 4.98 Å². The fourth-order valence-corrected chi connectivity index (χ4v) is 2.89. The minimum atomic E-state index is -0.102. The Bertz CT molecular complexity index is 327. The summed E-state index contributed by atoms with van der Waals surface area (Å²) in [5.74, 6) is 0. The highest BCUT2D eigenvalue weighted by Crippen LogP contribution is 2.12. The Balaban J connectivity index is 1.67. The lowest BCUT2D eigenvalue weighted by atomic mass is 10.1. The fourth-order valence-electron chi connectivity index (χ4n) is 2.24. The van der Waals surface area contributed by atoms with Gasteiger partial charge in [0, 0.05) is 11.9 Å². The molecule has 0 spiro atoms. The third kappa shape index (κ3) is 3.54. The van der Waals surface area contributed by atoms with Crippen LogP contribution in [0.3, 0.4) is 0 Å². The van der Waals surface area contributed by atoms with Crippen molar-refractivity contribution in [3.63, 3.8) is 0 Å². The number of aryl methyl sites for hydroxylation is 2. The van der Waals surface area contributed by atoms with Crippen LogP contribution >= 0.6 is 11.3 Å². The smallest absolute Gasteiger partial charge is 0.0897 e. The number of rotatable bonds is 4. The molecular weight excluding hydrogens is 220 g/mol. The molecule has 0 saturated carbocycles. The normalized spacial score (nSPS) is 22.5. The molecule has 2 rings (SSSR count). The van der Waals surface area contributed by atoms with E-state index in [1.807, 2.05) is 0 Å². The lowest BCUT2D eigenvalue weighted by Crippen LogP contribution is -2.38. The fraction of sp³-hybridized carbons (Fsp3) is 0.750. The molecule has 0 bridgehead atoms. The molecule has 1 fully saturated rings. The van der Waals surface area contributed by atoms with E-state index in [2.05, 4.69) is 22.2 Å². The number of aromatic nitrogens is 1. The van der Waals surface area contributed by atoms with Crippen LogP contribution in [0, 0.1) is 6.92 Å². The van der Waals surface area contributed by atoms with Gasteiger partial charge in [-0.3, -0.25) is 0 Å². The number of piperidine rings is 1. The van der Waals surface area contributed by atoms with Crippen LogP contribution in [-0.2, 0) is 6.42 Å². The van der Waals surface area contributed by atoms with Crippen molar-refractivity contribution in [1.29, 1.82) is 0 Å². The molecule has 1 unspecified atom stereocenters. The van der Waals surface area contributed by atoms with Crippen molar-refractivity contribution in [3.05, 3.63) is 16.1 Å². The van der Waals surface area contributed by atoms with E-state index in [0.717, 1.165) is 50.3 Å². The molecule has 90 valence electrons. The second-order valence-electron chi connectivity index (χ2n) is 4.56. The summed E-state index contributed by atoms with van der Waals surface area (Å²) in [5, 5.41) is 12.9. The summed E-state index contributed by atoms with van der Waals surface area (Å²) in [6.07, 6.45) is 4.22. The predicted molar refractivity (Wildman–Crippen MR) is 66.9 cm³/mol. The van der Waals surface area contributed by atoms with Gasteiger partial charge >= 0.3 is 0 Å². The van der Waals surface area contributed by atoms with Crippen LogP contribution in [0.4, 0.5) is 0 Å². The number of aliphatic hydroxyl groups is 1. The van der Waals surface area contributed by atoms with Gasteiger partial charge in [-0.15, -0.1) is 11.3 Å². The highest BCUT2D eigenvalue weighted by molar-refractivity contribution is 7.09. The van der Waals surface area contributed by atoms with Crippen molar-refractivity contribution in [2.45, 2.75) is 38.7 Å². The third-order valence-corrected chi connectivity index (χ3v) is 3.88. The van der Waals surface area contributed by atoms with Crippen LogP contribution in [0.15, 0.2) is 5.38 Å². The number of β-amino-alcohol motifs (C(OH)–C–C–N with tert-alkyl or cyclic N) is 1. The molecule has 1 aliphatic rings. The monoisotopic (exact) mass is 240 g/mol. The van der Waals surface area contributed by atoms with E-state index in [1.54, 1.807) is 11.3 Å². The molecule has 16 heavy (non-hydrogen) atoms. The highest BCUT2D eigenvalue weighted by Gasteiger charge is 2.16. The van der Waals surface area contributed by atoms with Crippen LogP contribution in [0.5, 0.6) is 0 Å². The minimum absolute atomic E-state index is 0.102. The Hall–Kier alpha value is -0.450. The first-order chi connectivity index (χ1) is 7.74. The first-order valence-electron chi connectivity index (χ1n) is 6.05. The van der Waals surface area contributed by atoms with Gasteiger partial charge in [-0.2, -0.15) is 0 Å². The van der Waals surface area contributed by atoms with Crippen molar-refractivity contribution in [1.82, 2.24) is 9.88 Å². The van der Waals surface area contributed by atoms with Gasteiger partial charge in [0.25, 0.3) is 0 Å². The topological polar surface area (TPSA) is 36.4 Å². The Morgan fingerprint density at radius 2 is 2.50 bits per heavy atom. The van der Waals surface area contributed by atoms with Gasteiger partial charge in [-0.1, -0.05) is 0 Å². The molecule has 1 aromatic rings. The van der Waals surface area contributed by atoms with Crippen molar-refractivity contribution >= 4 is 11.3 Å². The van der Waals surface area contributed by atoms with Crippen LogP contribution in [0.25, 0.3) is 0 Å². The molecule has 1 atom stereocenters.